The third-order valence-corrected chi connectivity index (χ3v) is 4.59. The molecule has 4 rings (SSSR count). The number of nitrogens with one attached hydrogen (secondary N) is 1. The summed E-state index contributed by atoms with van der Waals surface area (Å²) < 4.78 is 10.3. The van der Waals surface area contributed by atoms with Crippen molar-refractivity contribution >= 4 is 5.91 Å². The van der Waals surface area contributed by atoms with Gasteiger partial charge in [0.05, 0.1) is 24.1 Å². The lowest BCUT2D eigenvalue weighted by Gasteiger charge is -2.24. The number of oxazole rings is 1. The van der Waals surface area contributed by atoms with Gasteiger partial charge in [0.1, 0.15) is 0 Å². The van der Waals surface area contributed by atoms with Gasteiger partial charge in [0.15, 0.2) is 17.8 Å². The fourth-order valence-corrected chi connectivity index (χ4v) is 3.13. The molecule has 1 aliphatic carbocycles. The first-order valence-corrected chi connectivity index (χ1v) is 9.33. The molecule has 3 N–H and O–H groups in total. The number of benzene rings is 1. The Balaban J connectivity index is 1.54. The van der Waals surface area contributed by atoms with Crippen LogP contribution in [-0.4, -0.2) is 21.1 Å². The maximum absolute atomic E-state index is 12.7. The van der Waals surface area contributed by atoms with Crippen molar-refractivity contribution in [2.24, 2.45) is 5.84 Å². The second-order valence-electron chi connectivity index (χ2n) is 6.66. The highest BCUT2D eigenvalue weighted by molar-refractivity contribution is 5.94. The van der Waals surface area contributed by atoms with Gasteiger partial charge in [-0.2, -0.15) is 0 Å². The molecule has 0 saturated heterocycles. The van der Waals surface area contributed by atoms with Gasteiger partial charge in [-0.15, -0.1) is 0 Å². The Morgan fingerprint density at radius 3 is 2.90 bits per heavy atom. The minimum absolute atomic E-state index is 0.146. The topological polar surface area (TPSA) is 110 Å². The summed E-state index contributed by atoms with van der Waals surface area (Å²) in [4.78, 5) is 16.6. The number of rotatable bonds is 6. The van der Waals surface area contributed by atoms with Crippen LogP contribution in [0, 0.1) is 0 Å². The number of amides is 1. The van der Waals surface area contributed by atoms with E-state index in [9.17, 15) is 4.79 Å². The van der Waals surface area contributed by atoms with Crippen LogP contribution in [0.5, 0.6) is 0 Å². The molecule has 1 aliphatic rings. The van der Waals surface area contributed by atoms with Gasteiger partial charge >= 0.3 is 0 Å². The molecule has 0 unspecified atom stereocenters. The van der Waals surface area contributed by atoms with Gasteiger partial charge in [-0.3, -0.25) is 4.79 Å². The first kappa shape index (κ1) is 18.7. The SMILES string of the molecule is NN(Cc1ccccc1)C1=C(NC(=O)c2cc(-c3cnco3)on2)C=CCCC1. The average Bonchev–Trinajstić information content (AvgIpc) is 3.38. The van der Waals surface area contributed by atoms with Gasteiger partial charge in [-0.1, -0.05) is 41.6 Å². The second kappa shape index (κ2) is 8.57. The molecule has 1 aromatic carbocycles. The van der Waals surface area contributed by atoms with E-state index < -0.39 is 0 Å². The Hall–Kier alpha value is -3.65. The van der Waals surface area contributed by atoms with Gasteiger partial charge in [-0.05, 0) is 30.9 Å². The average molecular weight is 391 g/mol. The minimum Gasteiger partial charge on any atom is -0.440 e. The van der Waals surface area contributed by atoms with E-state index in [1.165, 1.54) is 18.7 Å². The summed E-state index contributed by atoms with van der Waals surface area (Å²) in [5.74, 6) is 6.72. The van der Waals surface area contributed by atoms with Gasteiger partial charge in [-0.25, -0.2) is 10.8 Å². The Bertz CT molecular complexity index is 1020. The highest BCUT2D eigenvalue weighted by Crippen LogP contribution is 2.22. The standard InChI is InChI=1S/C21H21N5O3/c22-26(13-15-7-3-1-4-8-15)18-10-6-2-5-9-16(18)24-21(27)17-11-19(29-25-17)20-12-23-14-28-20/h1,3-5,7-9,11-12,14H,2,6,10,13,22H2,(H,24,27). The molecule has 1 amide bonds. The quantitative estimate of drug-likeness (QED) is 0.489. The highest BCUT2D eigenvalue weighted by atomic mass is 16.5. The van der Waals surface area contributed by atoms with E-state index in [1.807, 2.05) is 42.5 Å². The van der Waals surface area contributed by atoms with E-state index in [0.717, 1.165) is 30.5 Å². The lowest BCUT2D eigenvalue weighted by Crippen LogP contribution is -2.34. The van der Waals surface area contributed by atoms with E-state index in [0.29, 0.717) is 23.8 Å². The zero-order valence-electron chi connectivity index (χ0n) is 15.7. The number of aromatic nitrogens is 2. The molecule has 2 aromatic heterocycles. The zero-order chi connectivity index (χ0) is 20.1. The summed E-state index contributed by atoms with van der Waals surface area (Å²) in [6.45, 7) is 0.545. The predicted octanol–water partition coefficient (Wildman–Crippen LogP) is 3.39. The molecule has 8 nitrogen and oxygen atoms in total. The van der Waals surface area contributed by atoms with E-state index in [2.05, 4.69) is 15.5 Å². The molecule has 29 heavy (non-hydrogen) atoms. The normalized spacial score (nSPS) is 14.0. The summed E-state index contributed by atoms with van der Waals surface area (Å²) in [6, 6.07) is 11.5. The lowest BCUT2D eigenvalue weighted by molar-refractivity contribution is 0.0956. The number of carbonyl (C=O) groups excluding carboxylic acids is 1. The number of hydrogen-bond donors (Lipinski definition) is 2. The third-order valence-electron chi connectivity index (χ3n) is 4.59. The van der Waals surface area contributed by atoms with Crippen LogP contribution in [0.4, 0.5) is 0 Å². The lowest BCUT2D eigenvalue weighted by atomic mass is 10.1. The van der Waals surface area contributed by atoms with Crippen LogP contribution in [0.25, 0.3) is 11.5 Å². The van der Waals surface area contributed by atoms with E-state index in [-0.39, 0.29) is 11.6 Å². The fraction of sp³-hybridized carbons (Fsp3) is 0.190. The second-order valence-corrected chi connectivity index (χ2v) is 6.66. The molecule has 0 fully saturated rings. The molecule has 148 valence electrons. The molecule has 8 heteroatoms. The van der Waals surface area contributed by atoms with Crippen LogP contribution in [0.1, 0.15) is 35.3 Å². The first-order chi connectivity index (χ1) is 14.2. The zero-order valence-corrected chi connectivity index (χ0v) is 15.7. The molecular formula is C21H21N5O3. The number of hydrogen-bond acceptors (Lipinski definition) is 7. The number of carbonyl (C=O) groups is 1. The Morgan fingerprint density at radius 1 is 1.24 bits per heavy atom. The molecular weight excluding hydrogens is 370 g/mol. The molecule has 0 atom stereocenters. The van der Waals surface area contributed by atoms with Crippen molar-refractivity contribution in [2.45, 2.75) is 25.8 Å². The van der Waals surface area contributed by atoms with Crippen molar-refractivity contribution in [1.29, 1.82) is 0 Å². The Morgan fingerprint density at radius 2 is 2.10 bits per heavy atom. The number of nitrogens with two attached hydrogens (primary N) is 1. The van der Waals surface area contributed by atoms with Crippen molar-refractivity contribution < 1.29 is 13.7 Å². The molecule has 0 spiro atoms. The van der Waals surface area contributed by atoms with Gasteiger partial charge in [0.2, 0.25) is 5.76 Å². The van der Waals surface area contributed by atoms with Crippen LogP contribution in [0.2, 0.25) is 0 Å². The third kappa shape index (κ3) is 4.44. The Labute approximate surface area is 167 Å². The van der Waals surface area contributed by atoms with Crippen LogP contribution >= 0.6 is 0 Å². The highest BCUT2D eigenvalue weighted by Gasteiger charge is 2.19. The molecule has 0 radical (unpaired) electrons. The van der Waals surface area contributed by atoms with Crippen LogP contribution < -0.4 is 11.2 Å². The molecule has 3 aromatic rings. The summed E-state index contributed by atoms with van der Waals surface area (Å²) in [7, 11) is 0. The van der Waals surface area contributed by atoms with Crippen molar-refractivity contribution in [3.63, 3.8) is 0 Å². The Kier molecular flexibility index (Phi) is 5.53. The maximum Gasteiger partial charge on any atom is 0.277 e. The minimum atomic E-state index is -0.383. The first-order valence-electron chi connectivity index (χ1n) is 9.33. The van der Waals surface area contributed by atoms with Gasteiger partial charge < -0.3 is 19.3 Å². The molecule has 0 bridgehead atoms. The maximum atomic E-state index is 12.7. The summed E-state index contributed by atoms with van der Waals surface area (Å²) >= 11 is 0. The predicted molar refractivity (Wildman–Crippen MR) is 106 cm³/mol. The molecule has 0 saturated carbocycles. The van der Waals surface area contributed by atoms with Gasteiger partial charge in [0, 0.05) is 6.07 Å². The number of nitrogens with zero attached hydrogens (tertiary/aromatic N) is 3. The summed E-state index contributed by atoms with van der Waals surface area (Å²) in [5.41, 5.74) is 2.77. The number of hydrazine groups is 1. The van der Waals surface area contributed by atoms with Crippen molar-refractivity contribution in [3.8, 4) is 11.5 Å². The molecule has 2 heterocycles. The largest absolute Gasteiger partial charge is 0.440 e. The van der Waals surface area contributed by atoms with Gasteiger partial charge in [0.25, 0.3) is 5.91 Å². The van der Waals surface area contributed by atoms with E-state index >= 15 is 0 Å². The number of allylic oxidation sites excluding steroid dienone is 3. The van der Waals surface area contributed by atoms with Crippen molar-refractivity contribution in [3.05, 3.63) is 83.8 Å². The van der Waals surface area contributed by atoms with Crippen LogP contribution in [-0.2, 0) is 6.54 Å². The fourth-order valence-electron chi connectivity index (χ4n) is 3.13. The van der Waals surface area contributed by atoms with E-state index in [4.69, 9.17) is 14.8 Å². The smallest absolute Gasteiger partial charge is 0.277 e. The summed E-state index contributed by atoms with van der Waals surface area (Å²) in [6.07, 6.45) is 9.33. The summed E-state index contributed by atoms with van der Waals surface area (Å²) in [5, 5.41) is 8.43. The van der Waals surface area contributed by atoms with Crippen LogP contribution in [0.3, 0.4) is 0 Å². The van der Waals surface area contributed by atoms with Crippen molar-refractivity contribution in [1.82, 2.24) is 20.5 Å². The van der Waals surface area contributed by atoms with Crippen LogP contribution in [0.15, 0.2) is 81.5 Å². The molecule has 0 aliphatic heterocycles. The monoisotopic (exact) mass is 391 g/mol. The van der Waals surface area contributed by atoms with Crippen molar-refractivity contribution in [2.75, 3.05) is 0 Å². The van der Waals surface area contributed by atoms with E-state index in [1.54, 1.807) is 5.01 Å².